The standard InChI is InChI=1S/C25H23NOP2.C4H10.C2H6/c1-3-20-19-21(4-2)29(25-18-12-11-17-24(25)27-20)26-28(22-13-7-5-8-14-22)23-15-9-6-10-16-23;1-3-4-2;1-2/h3-19,21,26H,1-2H2;3-4H2,1-2H3;1-2H3. The number of allylic oxidation sites excluding steroid dienone is 3. The minimum atomic E-state index is -0.785. The zero-order chi connectivity index (χ0) is 25.5. The zero-order valence-corrected chi connectivity index (χ0v) is 23.3. The van der Waals surface area contributed by atoms with Crippen LogP contribution in [0.15, 0.2) is 122 Å². The van der Waals surface area contributed by atoms with Gasteiger partial charge in [-0.3, -0.25) is 4.86 Å². The van der Waals surface area contributed by atoms with Crippen LogP contribution in [-0.2, 0) is 0 Å². The van der Waals surface area contributed by atoms with Crippen LogP contribution in [0.5, 0.6) is 5.75 Å². The van der Waals surface area contributed by atoms with Gasteiger partial charge < -0.3 is 4.74 Å². The van der Waals surface area contributed by atoms with E-state index in [-0.39, 0.29) is 5.66 Å². The van der Waals surface area contributed by atoms with Crippen molar-refractivity contribution in [3.8, 4) is 5.75 Å². The molecule has 0 bridgehead atoms. The molecule has 4 heteroatoms. The molecule has 0 aliphatic carbocycles. The molecule has 2 unspecified atom stereocenters. The largest absolute Gasteiger partial charge is 0.457 e. The highest BCUT2D eigenvalue weighted by Gasteiger charge is 2.29. The van der Waals surface area contributed by atoms with Gasteiger partial charge in [0.05, 0.1) is 0 Å². The number of fused-ring (bicyclic) bond motifs is 1. The first-order valence-electron chi connectivity index (χ1n) is 12.4. The summed E-state index contributed by atoms with van der Waals surface area (Å²) in [6, 6.07) is 29.6. The number of ether oxygens (including phenoxy) is 1. The number of hydrogen-bond acceptors (Lipinski definition) is 2. The highest BCUT2D eigenvalue weighted by molar-refractivity contribution is 7.82. The molecule has 0 fully saturated rings. The predicted octanol–water partition coefficient (Wildman–Crippen LogP) is 8.20. The first-order chi connectivity index (χ1) is 17.2. The molecule has 1 N–H and O–H groups in total. The van der Waals surface area contributed by atoms with Crippen molar-refractivity contribution in [2.45, 2.75) is 46.2 Å². The van der Waals surface area contributed by atoms with Gasteiger partial charge in [0.1, 0.15) is 11.5 Å². The molecule has 3 aromatic carbocycles. The number of hydrogen-bond donors (Lipinski definition) is 1. The lowest BCUT2D eigenvalue weighted by atomic mass is 10.3. The predicted molar refractivity (Wildman–Crippen MR) is 160 cm³/mol. The lowest BCUT2D eigenvalue weighted by molar-refractivity contribution is 0.448. The summed E-state index contributed by atoms with van der Waals surface area (Å²) in [7, 11) is -1.53. The van der Waals surface area contributed by atoms with Gasteiger partial charge in [0.15, 0.2) is 0 Å². The van der Waals surface area contributed by atoms with Crippen LogP contribution in [0.1, 0.15) is 40.5 Å². The second-order valence-electron chi connectivity index (χ2n) is 7.55. The van der Waals surface area contributed by atoms with Crippen LogP contribution in [0.2, 0.25) is 0 Å². The molecule has 1 aliphatic rings. The molecule has 4 rings (SSSR count). The Labute approximate surface area is 215 Å². The van der Waals surface area contributed by atoms with Gasteiger partial charge in [-0.15, -0.1) is 6.58 Å². The van der Waals surface area contributed by atoms with Gasteiger partial charge in [0, 0.05) is 27.1 Å². The summed E-state index contributed by atoms with van der Waals surface area (Å²) in [5.74, 6) is 1.66. The van der Waals surface area contributed by atoms with Gasteiger partial charge >= 0.3 is 0 Å². The Hall–Kier alpha value is -2.50. The van der Waals surface area contributed by atoms with Crippen molar-refractivity contribution < 1.29 is 4.74 Å². The van der Waals surface area contributed by atoms with Gasteiger partial charge in [0.2, 0.25) is 0 Å². The van der Waals surface area contributed by atoms with E-state index in [4.69, 9.17) is 4.74 Å². The van der Waals surface area contributed by atoms with Crippen molar-refractivity contribution in [3.63, 3.8) is 0 Å². The normalized spacial score (nSPS) is 16.1. The Morgan fingerprint density at radius 1 is 0.829 bits per heavy atom. The van der Waals surface area contributed by atoms with Crippen LogP contribution < -0.4 is 25.5 Å². The van der Waals surface area contributed by atoms with Crippen LogP contribution in [0.4, 0.5) is 0 Å². The third-order valence-corrected chi connectivity index (χ3v) is 10.3. The number of nitrogens with one attached hydrogen (secondary N) is 1. The summed E-state index contributed by atoms with van der Waals surface area (Å²) in [5.41, 5.74) is 0.138. The van der Waals surface area contributed by atoms with Crippen molar-refractivity contribution in [2.75, 3.05) is 0 Å². The summed E-state index contributed by atoms with van der Waals surface area (Å²) in [6.07, 6.45) is 8.54. The second kappa shape index (κ2) is 16.2. The van der Waals surface area contributed by atoms with Crippen LogP contribution in [-0.4, -0.2) is 5.66 Å². The van der Waals surface area contributed by atoms with Gasteiger partial charge in [0.25, 0.3) is 0 Å². The van der Waals surface area contributed by atoms with Crippen molar-refractivity contribution in [1.82, 2.24) is 4.86 Å². The molecule has 35 heavy (non-hydrogen) atoms. The third kappa shape index (κ3) is 8.29. The maximum atomic E-state index is 6.14. The molecule has 0 amide bonds. The van der Waals surface area contributed by atoms with E-state index in [1.54, 1.807) is 6.08 Å². The van der Waals surface area contributed by atoms with E-state index < -0.39 is 16.1 Å². The Morgan fingerprint density at radius 3 is 1.83 bits per heavy atom. The van der Waals surface area contributed by atoms with Crippen molar-refractivity contribution in [3.05, 3.63) is 122 Å². The van der Waals surface area contributed by atoms with Crippen LogP contribution >= 0.6 is 16.1 Å². The summed E-state index contributed by atoms with van der Waals surface area (Å²) < 4.78 is 6.14. The van der Waals surface area contributed by atoms with Crippen molar-refractivity contribution in [2.24, 2.45) is 0 Å². The van der Waals surface area contributed by atoms with Crippen LogP contribution in [0.3, 0.4) is 0 Å². The van der Waals surface area contributed by atoms with E-state index in [0.29, 0.717) is 0 Å². The van der Waals surface area contributed by atoms with E-state index in [0.717, 1.165) is 11.5 Å². The molecule has 1 heterocycles. The fourth-order valence-electron chi connectivity index (χ4n) is 3.24. The van der Waals surface area contributed by atoms with Gasteiger partial charge in [-0.1, -0.05) is 126 Å². The summed E-state index contributed by atoms with van der Waals surface area (Å²) in [4.78, 5) is 4.03. The number of para-hydroxylation sites is 1. The van der Waals surface area contributed by atoms with Crippen molar-refractivity contribution >= 4 is 32.1 Å². The van der Waals surface area contributed by atoms with Crippen LogP contribution in [0, 0.1) is 0 Å². The maximum Gasteiger partial charge on any atom is 0.136 e. The van der Waals surface area contributed by atoms with Gasteiger partial charge in [-0.05, 0) is 34.9 Å². The zero-order valence-electron chi connectivity index (χ0n) is 21.5. The molecule has 0 saturated heterocycles. The Kier molecular flexibility index (Phi) is 13.3. The van der Waals surface area contributed by atoms with Gasteiger partial charge in [-0.2, -0.15) is 0 Å². The Bertz CT molecular complexity index is 1010. The smallest absolute Gasteiger partial charge is 0.136 e. The van der Waals surface area contributed by atoms with E-state index >= 15 is 0 Å². The number of rotatable bonds is 7. The summed E-state index contributed by atoms with van der Waals surface area (Å²) >= 11 is 0. The lowest BCUT2D eigenvalue weighted by Gasteiger charge is -2.29. The molecule has 3 aromatic rings. The van der Waals surface area contributed by atoms with Gasteiger partial charge in [-0.25, -0.2) is 0 Å². The highest BCUT2D eigenvalue weighted by Crippen LogP contribution is 2.50. The molecule has 0 spiro atoms. The second-order valence-corrected chi connectivity index (χ2v) is 11.9. The highest BCUT2D eigenvalue weighted by atomic mass is 31.2. The minimum absolute atomic E-state index is 0.138. The fourth-order valence-corrected chi connectivity index (χ4v) is 8.66. The monoisotopic (exact) mass is 503 g/mol. The average Bonchev–Trinajstić information content (AvgIpc) is 3.10. The third-order valence-electron chi connectivity index (χ3n) is 5.16. The average molecular weight is 504 g/mol. The molecule has 0 radical (unpaired) electrons. The first-order valence-corrected chi connectivity index (χ1v) is 15.2. The summed E-state index contributed by atoms with van der Waals surface area (Å²) in [6.45, 7) is 16.4. The molecule has 184 valence electrons. The Balaban J connectivity index is 0.000000655. The molecule has 2 atom stereocenters. The van der Waals surface area contributed by atoms with E-state index in [1.807, 2.05) is 32.1 Å². The molecule has 0 saturated carbocycles. The number of unbranched alkanes of at least 4 members (excludes halogenated alkanes) is 1. The fraction of sp³-hybridized carbons (Fsp3) is 0.226. The van der Waals surface area contributed by atoms with E-state index in [2.05, 4.69) is 111 Å². The topological polar surface area (TPSA) is 21.3 Å². The van der Waals surface area contributed by atoms with E-state index in [1.165, 1.54) is 28.8 Å². The maximum absolute atomic E-state index is 6.14. The first kappa shape index (κ1) is 28.7. The van der Waals surface area contributed by atoms with Crippen molar-refractivity contribution in [1.29, 1.82) is 0 Å². The molecule has 2 nitrogen and oxygen atoms in total. The quantitative estimate of drug-likeness (QED) is 0.259. The minimum Gasteiger partial charge on any atom is -0.457 e. The Morgan fingerprint density at radius 2 is 1.34 bits per heavy atom. The SMILES string of the molecule is C=CC1=CC(C=C)P(NP(c2ccccc2)c2ccccc2)c2ccccc2O1.CC.CCCC. The molecule has 0 aromatic heterocycles. The number of benzene rings is 3. The van der Waals surface area contributed by atoms with E-state index in [9.17, 15) is 0 Å². The lowest BCUT2D eigenvalue weighted by Crippen LogP contribution is -2.26. The molecular formula is C31H39NOP2. The summed E-state index contributed by atoms with van der Waals surface area (Å²) in [5, 5.41) is 3.80. The van der Waals surface area contributed by atoms with Crippen LogP contribution in [0.25, 0.3) is 0 Å². The molecular weight excluding hydrogens is 464 g/mol. The molecule has 1 aliphatic heterocycles.